The van der Waals surface area contributed by atoms with E-state index in [4.69, 9.17) is 0 Å². The van der Waals surface area contributed by atoms with Crippen molar-refractivity contribution in [3.05, 3.63) is 74.1 Å². The topological polar surface area (TPSA) is 85.1 Å². The molecular weight excluding hydrogens is 382 g/mol. The summed E-state index contributed by atoms with van der Waals surface area (Å²) >= 11 is 2.88. The summed E-state index contributed by atoms with van der Waals surface area (Å²) < 4.78 is 0. The molecular formula is C19H17N3O3S2. The van der Waals surface area contributed by atoms with Crippen LogP contribution in [0, 0.1) is 17.0 Å². The molecule has 1 heterocycles. The van der Waals surface area contributed by atoms with Crippen molar-refractivity contribution in [1.82, 2.24) is 10.3 Å². The van der Waals surface area contributed by atoms with E-state index in [9.17, 15) is 14.9 Å². The lowest BCUT2D eigenvalue weighted by atomic mass is 10.1. The molecule has 1 N–H and O–H groups in total. The highest BCUT2D eigenvalue weighted by atomic mass is 32.2. The van der Waals surface area contributed by atoms with Crippen LogP contribution < -0.4 is 5.32 Å². The van der Waals surface area contributed by atoms with Crippen molar-refractivity contribution in [1.29, 1.82) is 0 Å². The molecule has 27 heavy (non-hydrogen) atoms. The van der Waals surface area contributed by atoms with Crippen LogP contribution in [0.2, 0.25) is 0 Å². The van der Waals surface area contributed by atoms with Crippen molar-refractivity contribution < 1.29 is 9.72 Å². The Hall–Kier alpha value is -2.71. The second kappa shape index (κ2) is 8.32. The maximum atomic E-state index is 12.3. The lowest BCUT2D eigenvalue weighted by Crippen LogP contribution is -2.22. The van der Waals surface area contributed by atoms with Gasteiger partial charge in [-0.15, -0.1) is 23.1 Å². The standard InChI is InChI=1S/C19H17N3O3S2/c1-12-21-16(11-27-12)14-5-3-13(4-6-14)10-20-19(23)15-7-8-18(26-2)17(9-15)22(24)25/h3-9,11H,10H2,1-2H3,(H,20,23). The first kappa shape index (κ1) is 19.1. The first-order valence-corrected chi connectivity index (χ1v) is 10.2. The number of hydrogen-bond donors (Lipinski definition) is 1. The van der Waals surface area contributed by atoms with Crippen molar-refractivity contribution in [2.45, 2.75) is 18.4 Å². The number of nitrogens with zero attached hydrogens (tertiary/aromatic N) is 2. The van der Waals surface area contributed by atoms with Gasteiger partial charge in [-0.1, -0.05) is 24.3 Å². The number of benzene rings is 2. The molecule has 8 heteroatoms. The Labute approximate surface area is 164 Å². The van der Waals surface area contributed by atoms with E-state index in [0.29, 0.717) is 11.4 Å². The van der Waals surface area contributed by atoms with Crippen LogP contribution in [0.25, 0.3) is 11.3 Å². The molecule has 0 aliphatic rings. The average molecular weight is 399 g/mol. The molecule has 0 saturated heterocycles. The fourth-order valence-corrected chi connectivity index (χ4v) is 3.72. The van der Waals surface area contributed by atoms with E-state index >= 15 is 0 Å². The van der Waals surface area contributed by atoms with Gasteiger partial charge in [-0.05, 0) is 30.9 Å². The van der Waals surface area contributed by atoms with Gasteiger partial charge in [-0.25, -0.2) is 4.98 Å². The maximum Gasteiger partial charge on any atom is 0.283 e. The number of nitro benzene ring substituents is 1. The van der Waals surface area contributed by atoms with E-state index in [1.807, 2.05) is 36.6 Å². The molecule has 0 saturated carbocycles. The van der Waals surface area contributed by atoms with Crippen LogP contribution in [0.1, 0.15) is 20.9 Å². The Morgan fingerprint density at radius 1 is 1.26 bits per heavy atom. The van der Waals surface area contributed by atoms with Gasteiger partial charge in [0.2, 0.25) is 0 Å². The molecule has 0 aliphatic carbocycles. The summed E-state index contributed by atoms with van der Waals surface area (Å²) in [6, 6.07) is 12.3. The van der Waals surface area contributed by atoms with Crippen LogP contribution in [-0.4, -0.2) is 22.1 Å². The SMILES string of the molecule is CSc1ccc(C(=O)NCc2ccc(-c3csc(C)n3)cc2)cc1[N+](=O)[O-]. The maximum absolute atomic E-state index is 12.3. The zero-order valence-electron chi connectivity index (χ0n) is 14.8. The highest BCUT2D eigenvalue weighted by molar-refractivity contribution is 7.98. The van der Waals surface area contributed by atoms with Gasteiger partial charge in [-0.3, -0.25) is 14.9 Å². The Kier molecular flexibility index (Phi) is 5.88. The monoisotopic (exact) mass is 399 g/mol. The molecule has 1 aromatic heterocycles. The molecule has 0 radical (unpaired) electrons. The minimum atomic E-state index is -0.471. The molecule has 0 unspecified atom stereocenters. The fourth-order valence-electron chi connectivity index (χ4n) is 2.55. The predicted molar refractivity (Wildman–Crippen MR) is 108 cm³/mol. The number of aryl methyl sites for hydroxylation is 1. The smallest absolute Gasteiger partial charge is 0.283 e. The predicted octanol–water partition coefficient (Wildman–Crippen LogP) is 4.68. The Bertz CT molecular complexity index is 984. The number of carbonyl (C=O) groups excluding carboxylic acids is 1. The Morgan fingerprint density at radius 2 is 2.00 bits per heavy atom. The summed E-state index contributed by atoms with van der Waals surface area (Å²) in [7, 11) is 0. The molecule has 2 aromatic carbocycles. The van der Waals surface area contributed by atoms with E-state index in [0.717, 1.165) is 21.8 Å². The van der Waals surface area contributed by atoms with Crippen LogP contribution >= 0.6 is 23.1 Å². The first-order chi connectivity index (χ1) is 13.0. The van der Waals surface area contributed by atoms with Crippen molar-refractivity contribution in [2.24, 2.45) is 0 Å². The summed E-state index contributed by atoms with van der Waals surface area (Å²) in [6.45, 7) is 2.31. The van der Waals surface area contributed by atoms with Gasteiger partial charge < -0.3 is 5.32 Å². The highest BCUT2D eigenvalue weighted by Crippen LogP contribution is 2.28. The van der Waals surface area contributed by atoms with Gasteiger partial charge in [0.1, 0.15) is 0 Å². The van der Waals surface area contributed by atoms with Crippen LogP contribution in [0.5, 0.6) is 0 Å². The van der Waals surface area contributed by atoms with Crippen molar-refractivity contribution in [3.8, 4) is 11.3 Å². The minimum absolute atomic E-state index is 0.0574. The number of nitro groups is 1. The number of nitrogens with one attached hydrogen (secondary N) is 1. The minimum Gasteiger partial charge on any atom is -0.348 e. The third-order valence-corrected chi connectivity index (χ3v) is 5.52. The van der Waals surface area contributed by atoms with Crippen molar-refractivity contribution >= 4 is 34.7 Å². The number of thioether (sulfide) groups is 1. The number of hydrogen-bond acceptors (Lipinski definition) is 6. The molecule has 0 spiro atoms. The second-order valence-electron chi connectivity index (χ2n) is 5.78. The summed E-state index contributed by atoms with van der Waals surface area (Å²) in [6.07, 6.45) is 1.76. The quantitative estimate of drug-likeness (QED) is 0.370. The number of thiazole rings is 1. The summed E-state index contributed by atoms with van der Waals surface area (Å²) in [4.78, 5) is 28.0. The molecule has 3 rings (SSSR count). The van der Waals surface area contributed by atoms with E-state index in [-0.39, 0.29) is 17.2 Å². The van der Waals surface area contributed by atoms with Crippen molar-refractivity contribution in [3.63, 3.8) is 0 Å². The Morgan fingerprint density at radius 3 is 2.59 bits per heavy atom. The highest BCUT2D eigenvalue weighted by Gasteiger charge is 2.17. The van der Waals surface area contributed by atoms with E-state index < -0.39 is 4.92 Å². The molecule has 0 aliphatic heterocycles. The zero-order valence-corrected chi connectivity index (χ0v) is 16.4. The summed E-state index contributed by atoms with van der Waals surface area (Å²) in [5, 5.41) is 17.0. The lowest BCUT2D eigenvalue weighted by Gasteiger charge is -2.07. The summed E-state index contributed by atoms with van der Waals surface area (Å²) in [5.41, 5.74) is 3.12. The van der Waals surface area contributed by atoms with Crippen LogP contribution in [0.15, 0.2) is 52.7 Å². The number of rotatable bonds is 6. The summed E-state index contributed by atoms with van der Waals surface area (Å²) in [5.74, 6) is -0.343. The molecule has 0 bridgehead atoms. The third-order valence-electron chi connectivity index (χ3n) is 3.96. The van der Waals surface area contributed by atoms with Crippen LogP contribution in [-0.2, 0) is 6.54 Å². The third kappa shape index (κ3) is 4.53. The molecule has 0 atom stereocenters. The molecule has 138 valence electrons. The molecule has 6 nitrogen and oxygen atoms in total. The van der Waals surface area contributed by atoms with Gasteiger partial charge in [0.15, 0.2) is 0 Å². The Balaban J connectivity index is 1.67. The van der Waals surface area contributed by atoms with Crippen LogP contribution in [0.4, 0.5) is 5.69 Å². The second-order valence-corrected chi connectivity index (χ2v) is 7.69. The first-order valence-electron chi connectivity index (χ1n) is 8.10. The fraction of sp³-hybridized carbons (Fsp3) is 0.158. The van der Waals surface area contributed by atoms with Gasteiger partial charge in [-0.2, -0.15) is 0 Å². The van der Waals surface area contributed by atoms with Crippen LogP contribution in [0.3, 0.4) is 0 Å². The average Bonchev–Trinajstić information content (AvgIpc) is 3.12. The van der Waals surface area contributed by atoms with Gasteiger partial charge >= 0.3 is 0 Å². The van der Waals surface area contributed by atoms with Crippen molar-refractivity contribution in [2.75, 3.05) is 6.26 Å². The number of aromatic nitrogens is 1. The van der Waals surface area contributed by atoms with E-state index in [1.165, 1.54) is 17.8 Å². The largest absolute Gasteiger partial charge is 0.348 e. The van der Waals surface area contributed by atoms with Gasteiger partial charge in [0.25, 0.3) is 11.6 Å². The lowest BCUT2D eigenvalue weighted by molar-refractivity contribution is -0.387. The number of amides is 1. The normalized spacial score (nSPS) is 10.6. The molecule has 1 amide bonds. The number of carbonyl (C=O) groups is 1. The van der Waals surface area contributed by atoms with E-state index in [1.54, 1.807) is 29.7 Å². The molecule has 3 aromatic rings. The van der Waals surface area contributed by atoms with Gasteiger partial charge in [0, 0.05) is 29.1 Å². The van der Waals surface area contributed by atoms with Gasteiger partial charge in [0.05, 0.1) is 20.5 Å². The molecule has 0 fully saturated rings. The van der Waals surface area contributed by atoms with E-state index in [2.05, 4.69) is 10.3 Å². The zero-order chi connectivity index (χ0) is 19.4.